The molecule has 1 aromatic carbocycles. The van der Waals surface area contributed by atoms with Gasteiger partial charge in [-0.25, -0.2) is 4.79 Å². The first-order valence-electron chi connectivity index (χ1n) is 7.68. The molecule has 116 valence electrons. The molecule has 2 rings (SSSR count). The van der Waals surface area contributed by atoms with Crippen molar-refractivity contribution in [1.82, 2.24) is 4.90 Å². The lowest BCUT2D eigenvalue weighted by molar-refractivity contribution is 0.0643. The van der Waals surface area contributed by atoms with Crippen molar-refractivity contribution in [3.05, 3.63) is 29.8 Å². The minimum atomic E-state index is -0.945. The number of aromatic carboxylic acids is 1. The van der Waals surface area contributed by atoms with E-state index in [2.05, 4.69) is 25.7 Å². The molecule has 1 aliphatic rings. The molecule has 1 saturated heterocycles. The fraction of sp³-hybridized carbons (Fsp3) is 0.588. The molecular formula is C17H25NO3. The molecule has 0 aromatic heterocycles. The monoisotopic (exact) mass is 291 g/mol. The molecule has 1 N–H and O–H groups in total. The highest BCUT2D eigenvalue weighted by atomic mass is 16.5. The number of hydrogen-bond donors (Lipinski definition) is 1. The van der Waals surface area contributed by atoms with E-state index < -0.39 is 5.97 Å². The van der Waals surface area contributed by atoms with Gasteiger partial charge >= 0.3 is 5.97 Å². The molecule has 0 amide bonds. The Kier molecular flexibility index (Phi) is 5.23. The summed E-state index contributed by atoms with van der Waals surface area (Å²) in [6.07, 6.45) is 1.28. The minimum Gasteiger partial charge on any atom is -0.491 e. The highest BCUT2D eigenvalue weighted by Gasteiger charge is 2.28. The second-order valence-electron chi connectivity index (χ2n) is 6.20. The standard InChI is InChI=1S/C17H25NO3/c1-12-10-13(2)14(3)18(11-12)8-9-21-16-7-5-4-6-15(16)17(19)20/h4-7,12-14H,8-11H2,1-3H3,(H,19,20). The maximum atomic E-state index is 11.1. The summed E-state index contributed by atoms with van der Waals surface area (Å²) in [5, 5.41) is 9.13. The molecule has 1 fully saturated rings. The van der Waals surface area contributed by atoms with Crippen LogP contribution in [-0.4, -0.2) is 41.7 Å². The summed E-state index contributed by atoms with van der Waals surface area (Å²) in [6.45, 7) is 9.30. The summed E-state index contributed by atoms with van der Waals surface area (Å²) >= 11 is 0. The Bertz CT molecular complexity index is 489. The van der Waals surface area contributed by atoms with Crippen LogP contribution in [0.15, 0.2) is 24.3 Å². The number of piperidine rings is 1. The van der Waals surface area contributed by atoms with Crippen molar-refractivity contribution in [2.24, 2.45) is 11.8 Å². The molecule has 4 nitrogen and oxygen atoms in total. The number of carbonyl (C=O) groups is 1. The summed E-state index contributed by atoms with van der Waals surface area (Å²) in [5.74, 6) is 0.914. The van der Waals surface area contributed by atoms with E-state index >= 15 is 0 Å². The minimum absolute atomic E-state index is 0.228. The van der Waals surface area contributed by atoms with Crippen LogP contribution >= 0.6 is 0 Å². The van der Waals surface area contributed by atoms with Crippen molar-refractivity contribution < 1.29 is 14.6 Å². The highest BCUT2D eigenvalue weighted by molar-refractivity contribution is 5.90. The number of carboxylic acids is 1. The van der Waals surface area contributed by atoms with Crippen molar-refractivity contribution in [2.45, 2.75) is 33.2 Å². The largest absolute Gasteiger partial charge is 0.491 e. The van der Waals surface area contributed by atoms with Gasteiger partial charge in [-0.3, -0.25) is 4.90 Å². The second kappa shape index (κ2) is 6.94. The predicted molar refractivity (Wildman–Crippen MR) is 82.9 cm³/mol. The molecule has 0 radical (unpaired) electrons. The fourth-order valence-corrected chi connectivity index (χ4v) is 3.17. The van der Waals surface area contributed by atoms with E-state index in [0.717, 1.165) is 13.1 Å². The fourth-order valence-electron chi connectivity index (χ4n) is 3.17. The third-order valence-corrected chi connectivity index (χ3v) is 4.47. The SMILES string of the molecule is CC1CC(C)C(C)N(CCOc2ccccc2C(=O)O)C1. The Morgan fingerprint density at radius 1 is 1.33 bits per heavy atom. The molecule has 0 bridgehead atoms. The second-order valence-corrected chi connectivity index (χ2v) is 6.20. The van der Waals surface area contributed by atoms with E-state index in [-0.39, 0.29) is 5.56 Å². The average Bonchev–Trinajstić information content (AvgIpc) is 2.44. The molecular weight excluding hydrogens is 266 g/mol. The van der Waals surface area contributed by atoms with Gasteiger partial charge in [0.15, 0.2) is 0 Å². The van der Waals surface area contributed by atoms with Gasteiger partial charge in [0, 0.05) is 19.1 Å². The van der Waals surface area contributed by atoms with Gasteiger partial charge in [-0.15, -0.1) is 0 Å². The lowest BCUT2D eigenvalue weighted by Crippen LogP contribution is -2.47. The maximum Gasteiger partial charge on any atom is 0.339 e. The molecule has 0 aliphatic carbocycles. The maximum absolute atomic E-state index is 11.1. The van der Waals surface area contributed by atoms with E-state index in [4.69, 9.17) is 9.84 Å². The molecule has 3 atom stereocenters. The number of rotatable bonds is 5. The van der Waals surface area contributed by atoms with Crippen LogP contribution in [0, 0.1) is 11.8 Å². The first-order chi connectivity index (χ1) is 9.99. The van der Waals surface area contributed by atoms with Crippen LogP contribution < -0.4 is 4.74 Å². The van der Waals surface area contributed by atoms with Gasteiger partial charge in [0.05, 0.1) is 0 Å². The molecule has 21 heavy (non-hydrogen) atoms. The lowest BCUT2D eigenvalue weighted by atomic mass is 9.86. The third kappa shape index (κ3) is 3.97. The third-order valence-electron chi connectivity index (χ3n) is 4.47. The van der Waals surface area contributed by atoms with Gasteiger partial charge in [-0.2, -0.15) is 0 Å². The van der Waals surface area contributed by atoms with Gasteiger partial charge in [0.25, 0.3) is 0 Å². The number of carboxylic acid groups (broad SMARTS) is 1. The number of hydrogen-bond acceptors (Lipinski definition) is 3. The van der Waals surface area contributed by atoms with E-state index in [1.54, 1.807) is 24.3 Å². The van der Waals surface area contributed by atoms with Crippen LogP contribution in [0.4, 0.5) is 0 Å². The average molecular weight is 291 g/mol. The van der Waals surface area contributed by atoms with Gasteiger partial charge < -0.3 is 9.84 Å². The van der Waals surface area contributed by atoms with Gasteiger partial charge in [0.2, 0.25) is 0 Å². The number of nitrogens with zero attached hydrogens (tertiary/aromatic N) is 1. The zero-order chi connectivity index (χ0) is 15.4. The van der Waals surface area contributed by atoms with Crippen LogP contribution in [0.1, 0.15) is 37.6 Å². The zero-order valence-corrected chi connectivity index (χ0v) is 13.1. The number of benzene rings is 1. The Morgan fingerprint density at radius 2 is 2.05 bits per heavy atom. The van der Waals surface area contributed by atoms with E-state index in [1.807, 2.05) is 0 Å². The van der Waals surface area contributed by atoms with E-state index in [9.17, 15) is 4.79 Å². The van der Waals surface area contributed by atoms with Crippen LogP contribution in [0.25, 0.3) is 0 Å². The van der Waals surface area contributed by atoms with Crippen LogP contribution in [-0.2, 0) is 0 Å². The zero-order valence-electron chi connectivity index (χ0n) is 13.1. The van der Waals surface area contributed by atoms with Crippen LogP contribution in [0.5, 0.6) is 5.75 Å². The summed E-state index contributed by atoms with van der Waals surface area (Å²) in [5.41, 5.74) is 0.228. The van der Waals surface area contributed by atoms with Gasteiger partial charge in [-0.1, -0.05) is 26.0 Å². The molecule has 1 heterocycles. The predicted octanol–water partition coefficient (Wildman–Crippen LogP) is 3.13. The quantitative estimate of drug-likeness (QED) is 0.905. The number of ether oxygens (including phenoxy) is 1. The number of para-hydroxylation sites is 1. The Labute approximate surface area is 126 Å². The van der Waals surface area contributed by atoms with Crippen molar-refractivity contribution in [3.63, 3.8) is 0 Å². The smallest absolute Gasteiger partial charge is 0.339 e. The lowest BCUT2D eigenvalue weighted by Gasteiger charge is -2.41. The summed E-state index contributed by atoms with van der Waals surface area (Å²) in [7, 11) is 0. The van der Waals surface area contributed by atoms with Gasteiger partial charge in [-0.05, 0) is 37.3 Å². The van der Waals surface area contributed by atoms with E-state index in [0.29, 0.717) is 30.2 Å². The summed E-state index contributed by atoms with van der Waals surface area (Å²) in [4.78, 5) is 13.6. The molecule has 1 aliphatic heterocycles. The molecule has 4 heteroatoms. The summed E-state index contributed by atoms with van der Waals surface area (Å²) < 4.78 is 5.70. The van der Waals surface area contributed by atoms with Crippen molar-refractivity contribution in [2.75, 3.05) is 19.7 Å². The Hall–Kier alpha value is -1.55. The Balaban J connectivity index is 1.91. The van der Waals surface area contributed by atoms with E-state index in [1.165, 1.54) is 6.42 Å². The first-order valence-corrected chi connectivity index (χ1v) is 7.68. The summed E-state index contributed by atoms with van der Waals surface area (Å²) in [6, 6.07) is 7.36. The highest BCUT2D eigenvalue weighted by Crippen LogP contribution is 2.26. The topological polar surface area (TPSA) is 49.8 Å². The molecule has 0 spiro atoms. The van der Waals surface area contributed by atoms with Crippen molar-refractivity contribution in [1.29, 1.82) is 0 Å². The first kappa shape index (κ1) is 15.8. The normalized spacial score (nSPS) is 26.5. The van der Waals surface area contributed by atoms with Crippen LogP contribution in [0.2, 0.25) is 0 Å². The van der Waals surface area contributed by atoms with Crippen molar-refractivity contribution >= 4 is 5.97 Å². The number of likely N-dealkylation sites (tertiary alicyclic amines) is 1. The molecule has 3 unspecified atom stereocenters. The van der Waals surface area contributed by atoms with Crippen molar-refractivity contribution in [3.8, 4) is 5.75 Å². The van der Waals surface area contributed by atoms with Gasteiger partial charge in [0.1, 0.15) is 17.9 Å². The van der Waals surface area contributed by atoms with Crippen LogP contribution in [0.3, 0.4) is 0 Å². The molecule has 1 aromatic rings. The molecule has 0 saturated carbocycles. The Morgan fingerprint density at radius 3 is 2.76 bits per heavy atom.